The molecular formula is C9H15NO4. The summed E-state index contributed by atoms with van der Waals surface area (Å²) >= 11 is 0. The molecule has 0 aliphatic heterocycles. The molecule has 0 aliphatic carbocycles. The van der Waals surface area contributed by atoms with Gasteiger partial charge in [-0.1, -0.05) is 12.7 Å². The smallest absolute Gasteiger partial charge is 0.330 e. The highest BCUT2D eigenvalue weighted by atomic mass is 16.4. The third-order valence-corrected chi connectivity index (χ3v) is 1.13. The van der Waals surface area contributed by atoms with E-state index in [0.717, 1.165) is 6.08 Å². The zero-order valence-corrected chi connectivity index (χ0v) is 8.06. The molecular weight excluding hydrogens is 186 g/mol. The van der Waals surface area contributed by atoms with Crippen molar-refractivity contribution in [3.8, 4) is 0 Å². The number of hydrogen-bond donors (Lipinski definition) is 3. The van der Waals surface area contributed by atoms with Gasteiger partial charge in [-0.15, -0.1) is 0 Å². The van der Waals surface area contributed by atoms with Crippen molar-refractivity contribution in [2.45, 2.75) is 13.3 Å². The summed E-state index contributed by atoms with van der Waals surface area (Å²) in [6.07, 6.45) is 3.08. The van der Waals surface area contributed by atoms with Crippen LogP contribution in [0.3, 0.4) is 0 Å². The summed E-state index contributed by atoms with van der Waals surface area (Å²) in [6.45, 7) is 5.02. The first-order valence-electron chi connectivity index (χ1n) is 3.91. The molecule has 0 unspecified atom stereocenters. The minimum Gasteiger partial charge on any atom is -0.478 e. The van der Waals surface area contributed by atoms with Gasteiger partial charge in [0.1, 0.15) is 0 Å². The molecule has 0 heterocycles. The van der Waals surface area contributed by atoms with Gasteiger partial charge in [0.2, 0.25) is 0 Å². The molecule has 0 amide bonds. The van der Waals surface area contributed by atoms with E-state index in [9.17, 15) is 9.59 Å². The summed E-state index contributed by atoms with van der Waals surface area (Å²) in [4.78, 5) is 19.3. The van der Waals surface area contributed by atoms with Crippen LogP contribution in [0.5, 0.6) is 0 Å². The molecule has 0 atom stereocenters. The maximum Gasteiger partial charge on any atom is 0.330 e. The molecule has 0 saturated heterocycles. The van der Waals surface area contributed by atoms with E-state index in [0.29, 0.717) is 18.5 Å². The minimum absolute atomic E-state index is 0.362. The Morgan fingerprint density at radius 3 is 2.07 bits per heavy atom. The lowest BCUT2D eigenvalue weighted by molar-refractivity contribution is -0.133. The average molecular weight is 201 g/mol. The van der Waals surface area contributed by atoms with Gasteiger partial charge in [0.05, 0.1) is 0 Å². The maximum atomic E-state index is 10.1. The normalized spacial score (nSPS) is 9.71. The fourth-order valence-corrected chi connectivity index (χ4v) is 0.387. The highest BCUT2D eigenvalue weighted by molar-refractivity contribution is 5.85. The SMILES string of the molecule is C=CC(=O)O.CC(=CCCN)C(=O)O. The van der Waals surface area contributed by atoms with Gasteiger partial charge in [-0.3, -0.25) is 0 Å². The standard InChI is InChI=1S/C6H11NO2.C3H4O2/c1-5(6(8)9)3-2-4-7;1-2-3(4)5/h3H,2,4,7H2,1H3,(H,8,9);2H,1H2,(H,4,5). The van der Waals surface area contributed by atoms with E-state index in [1.807, 2.05) is 0 Å². The van der Waals surface area contributed by atoms with E-state index < -0.39 is 11.9 Å². The number of carbonyl (C=O) groups is 2. The summed E-state index contributed by atoms with van der Waals surface area (Å²) in [5.74, 6) is -1.85. The summed E-state index contributed by atoms with van der Waals surface area (Å²) in [6, 6.07) is 0. The summed E-state index contributed by atoms with van der Waals surface area (Å²) in [7, 11) is 0. The minimum atomic E-state index is -0.981. The Balaban J connectivity index is 0. The molecule has 0 bridgehead atoms. The molecule has 80 valence electrons. The number of carboxylic acid groups (broad SMARTS) is 2. The van der Waals surface area contributed by atoms with Crippen LogP contribution in [0.25, 0.3) is 0 Å². The third kappa shape index (κ3) is 13.0. The first-order valence-corrected chi connectivity index (χ1v) is 3.91. The molecule has 4 N–H and O–H groups in total. The van der Waals surface area contributed by atoms with Crippen LogP contribution in [0, 0.1) is 0 Å². The second-order valence-corrected chi connectivity index (χ2v) is 2.31. The lowest BCUT2D eigenvalue weighted by atomic mass is 10.2. The molecule has 0 saturated carbocycles. The van der Waals surface area contributed by atoms with E-state index in [-0.39, 0.29) is 0 Å². The Morgan fingerprint density at radius 1 is 1.43 bits per heavy atom. The second-order valence-electron chi connectivity index (χ2n) is 2.31. The number of aliphatic carboxylic acids is 2. The van der Waals surface area contributed by atoms with Crippen LogP contribution in [0.4, 0.5) is 0 Å². The molecule has 0 aromatic rings. The van der Waals surface area contributed by atoms with Crippen LogP contribution in [0.2, 0.25) is 0 Å². The number of rotatable bonds is 4. The topological polar surface area (TPSA) is 101 Å². The predicted octanol–water partition coefficient (Wildman–Crippen LogP) is 0.623. The van der Waals surface area contributed by atoms with Crippen LogP contribution < -0.4 is 5.73 Å². The molecule has 14 heavy (non-hydrogen) atoms. The van der Waals surface area contributed by atoms with E-state index in [2.05, 4.69) is 6.58 Å². The van der Waals surface area contributed by atoms with Gasteiger partial charge in [-0.05, 0) is 19.9 Å². The lowest BCUT2D eigenvalue weighted by Crippen LogP contribution is -1.99. The molecule has 0 radical (unpaired) electrons. The van der Waals surface area contributed by atoms with Crippen molar-refractivity contribution < 1.29 is 19.8 Å². The summed E-state index contributed by atoms with van der Waals surface area (Å²) < 4.78 is 0. The molecule has 0 fully saturated rings. The van der Waals surface area contributed by atoms with E-state index in [1.54, 1.807) is 13.0 Å². The van der Waals surface area contributed by atoms with Crippen LogP contribution in [-0.4, -0.2) is 28.7 Å². The largest absolute Gasteiger partial charge is 0.478 e. The Bertz CT molecular complexity index is 233. The van der Waals surface area contributed by atoms with E-state index in [4.69, 9.17) is 15.9 Å². The zero-order valence-electron chi connectivity index (χ0n) is 8.06. The van der Waals surface area contributed by atoms with Crippen molar-refractivity contribution in [3.63, 3.8) is 0 Å². The Morgan fingerprint density at radius 2 is 1.86 bits per heavy atom. The van der Waals surface area contributed by atoms with E-state index >= 15 is 0 Å². The number of nitrogens with two attached hydrogens (primary N) is 1. The summed E-state index contributed by atoms with van der Waals surface area (Å²) in [5, 5.41) is 15.9. The van der Waals surface area contributed by atoms with Crippen molar-refractivity contribution in [1.82, 2.24) is 0 Å². The Hall–Kier alpha value is -1.62. The highest BCUT2D eigenvalue weighted by Gasteiger charge is 1.95. The first kappa shape index (κ1) is 14.9. The maximum absolute atomic E-state index is 10.1. The lowest BCUT2D eigenvalue weighted by Gasteiger charge is -1.89. The molecule has 0 aromatic carbocycles. The molecule has 0 aliphatic rings. The Labute approximate surface area is 82.5 Å². The van der Waals surface area contributed by atoms with Crippen molar-refractivity contribution in [1.29, 1.82) is 0 Å². The van der Waals surface area contributed by atoms with Gasteiger partial charge in [0.15, 0.2) is 0 Å². The fourth-order valence-electron chi connectivity index (χ4n) is 0.387. The van der Waals surface area contributed by atoms with Gasteiger partial charge in [0, 0.05) is 11.6 Å². The Kier molecular flexibility index (Phi) is 10.1. The predicted molar refractivity (Wildman–Crippen MR) is 52.9 cm³/mol. The molecule has 5 heteroatoms. The van der Waals surface area contributed by atoms with Crippen LogP contribution in [0.1, 0.15) is 13.3 Å². The molecule has 0 rings (SSSR count). The van der Waals surface area contributed by atoms with Crippen molar-refractivity contribution in [2.75, 3.05) is 6.54 Å². The van der Waals surface area contributed by atoms with Crippen molar-refractivity contribution in [3.05, 3.63) is 24.3 Å². The third-order valence-electron chi connectivity index (χ3n) is 1.13. The molecule has 5 nitrogen and oxygen atoms in total. The molecule has 0 aromatic heterocycles. The summed E-state index contributed by atoms with van der Waals surface area (Å²) in [5.41, 5.74) is 5.50. The monoisotopic (exact) mass is 201 g/mol. The van der Waals surface area contributed by atoms with Crippen LogP contribution in [0.15, 0.2) is 24.3 Å². The van der Waals surface area contributed by atoms with Gasteiger partial charge in [-0.25, -0.2) is 9.59 Å². The van der Waals surface area contributed by atoms with Gasteiger partial charge < -0.3 is 15.9 Å². The van der Waals surface area contributed by atoms with Crippen molar-refractivity contribution >= 4 is 11.9 Å². The average Bonchev–Trinajstić information content (AvgIpc) is 2.14. The van der Waals surface area contributed by atoms with E-state index in [1.165, 1.54) is 0 Å². The van der Waals surface area contributed by atoms with Crippen LogP contribution >= 0.6 is 0 Å². The van der Waals surface area contributed by atoms with Gasteiger partial charge in [-0.2, -0.15) is 0 Å². The van der Waals surface area contributed by atoms with Gasteiger partial charge in [0.25, 0.3) is 0 Å². The molecule has 0 spiro atoms. The van der Waals surface area contributed by atoms with Gasteiger partial charge >= 0.3 is 11.9 Å². The highest BCUT2D eigenvalue weighted by Crippen LogP contribution is 1.92. The fraction of sp³-hybridized carbons (Fsp3) is 0.333. The second kappa shape index (κ2) is 9.47. The zero-order chi connectivity index (χ0) is 11.6. The quantitative estimate of drug-likeness (QED) is 0.579. The van der Waals surface area contributed by atoms with Crippen molar-refractivity contribution in [2.24, 2.45) is 5.73 Å². The van der Waals surface area contributed by atoms with Crippen LogP contribution in [-0.2, 0) is 9.59 Å². The number of carboxylic acids is 2. The first-order chi connectivity index (χ1) is 6.45. The number of hydrogen-bond acceptors (Lipinski definition) is 3.